The number of aromatic amines is 1. The number of rotatable bonds is 5. The zero-order valence-electron chi connectivity index (χ0n) is 11.7. The number of aromatic nitrogens is 2. The second-order valence-electron chi connectivity index (χ2n) is 4.61. The summed E-state index contributed by atoms with van der Waals surface area (Å²) in [5.74, 6) is -0.536. The lowest BCUT2D eigenvalue weighted by molar-refractivity contribution is -0.137. The number of aliphatic hydroxyl groups excluding tert-OH is 2. The Hall–Kier alpha value is -1.62. The largest absolute Gasteiger partial charge is 0.468 e. The van der Waals surface area contributed by atoms with Gasteiger partial charge in [0.2, 0.25) is 0 Å². The van der Waals surface area contributed by atoms with Crippen molar-refractivity contribution in [3.63, 3.8) is 0 Å². The summed E-state index contributed by atoms with van der Waals surface area (Å²) in [6.45, 7) is -0.439. The van der Waals surface area contributed by atoms with Gasteiger partial charge in [-0.15, -0.1) is 11.8 Å². The molecule has 1 aliphatic rings. The highest BCUT2D eigenvalue weighted by Gasteiger charge is 2.45. The number of nitrogens with one attached hydrogen (secondary N) is 1. The summed E-state index contributed by atoms with van der Waals surface area (Å²) in [7, 11) is 1.24. The van der Waals surface area contributed by atoms with E-state index in [1.165, 1.54) is 13.3 Å². The zero-order chi connectivity index (χ0) is 16.3. The quantitative estimate of drug-likeness (QED) is 0.531. The van der Waals surface area contributed by atoms with Crippen LogP contribution in [0.4, 0.5) is 0 Å². The van der Waals surface area contributed by atoms with Crippen LogP contribution in [-0.2, 0) is 14.3 Å². The Balaban J connectivity index is 2.27. The molecule has 10 heteroatoms. The minimum atomic E-state index is -1.08. The number of methoxy groups -OCH3 is 1. The van der Waals surface area contributed by atoms with Crippen molar-refractivity contribution >= 4 is 17.7 Å². The summed E-state index contributed by atoms with van der Waals surface area (Å²) < 4.78 is 11.1. The second-order valence-corrected chi connectivity index (χ2v) is 5.77. The molecular weight excluding hydrogens is 316 g/mol. The van der Waals surface area contributed by atoms with Gasteiger partial charge in [-0.05, 0) is 0 Å². The van der Waals surface area contributed by atoms with Crippen molar-refractivity contribution in [3.8, 4) is 0 Å². The molecule has 1 aromatic heterocycles. The van der Waals surface area contributed by atoms with Gasteiger partial charge in [0.05, 0.1) is 30.8 Å². The van der Waals surface area contributed by atoms with Crippen molar-refractivity contribution in [3.05, 3.63) is 33.1 Å². The van der Waals surface area contributed by atoms with Crippen LogP contribution in [0.3, 0.4) is 0 Å². The maximum atomic E-state index is 11.9. The molecule has 0 spiro atoms. The van der Waals surface area contributed by atoms with Gasteiger partial charge in [0, 0.05) is 12.3 Å². The number of aliphatic hydroxyl groups is 2. The Labute approximate surface area is 128 Å². The second kappa shape index (κ2) is 7.09. The van der Waals surface area contributed by atoms with E-state index in [2.05, 4.69) is 9.72 Å². The molecule has 2 rings (SSSR count). The number of carbonyl (C=O) groups excluding carboxylic acids is 1. The van der Waals surface area contributed by atoms with Crippen LogP contribution in [0, 0.1) is 0 Å². The molecule has 0 aromatic carbocycles. The average Bonchev–Trinajstić information content (AvgIpc) is 2.81. The summed E-state index contributed by atoms with van der Waals surface area (Å²) in [5.41, 5.74) is -1.26. The van der Waals surface area contributed by atoms with Crippen LogP contribution in [-0.4, -0.2) is 62.7 Å². The van der Waals surface area contributed by atoms with Gasteiger partial charge in [0.15, 0.2) is 6.23 Å². The van der Waals surface area contributed by atoms with Gasteiger partial charge in [0.1, 0.15) is 6.10 Å². The third-order valence-electron chi connectivity index (χ3n) is 3.24. The number of hydrogen-bond donors (Lipinski definition) is 3. The highest BCUT2D eigenvalue weighted by Crippen LogP contribution is 2.36. The molecule has 0 radical (unpaired) electrons. The molecule has 122 valence electrons. The number of ether oxygens (including phenoxy) is 2. The van der Waals surface area contributed by atoms with Crippen molar-refractivity contribution in [2.45, 2.75) is 23.7 Å². The molecular formula is C12H16N2O7S. The smallest absolute Gasteiger partial charge is 0.330 e. The van der Waals surface area contributed by atoms with E-state index >= 15 is 0 Å². The Kier molecular flexibility index (Phi) is 5.40. The first-order chi connectivity index (χ1) is 10.5. The molecule has 0 saturated carbocycles. The van der Waals surface area contributed by atoms with Gasteiger partial charge in [0.25, 0.3) is 5.56 Å². The van der Waals surface area contributed by atoms with Crippen molar-refractivity contribution in [2.24, 2.45) is 0 Å². The minimum absolute atomic E-state index is 0.0473. The molecule has 1 saturated heterocycles. The van der Waals surface area contributed by atoms with E-state index in [1.54, 1.807) is 0 Å². The van der Waals surface area contributed by atoms with E-state index in [0.29, 0.717) is 0 Å². The fourth-order valence-corrected chi connectivity index (χ4v) is 3.30. The number of esters is 1. The monoisotopic (exact) mass is 332 g/mol. The van der Waals surface area contributed by atoms with E-state index < -0.39 is 47.5 Å². The number of carbonyl (C=O) groups is 1. The summed E-state index contributed by atoms with van der Waals surface area (Å²) in [4.78, 5) is 36.3. The maximum absolute atomic E-state index is 11.9. The first kappa shape index (κ1) is 16.7. The normalized spacial score (nSPS) is 27.8. The zero-order valence-corrected chi connectivity index (χ0v) is 12.5. The van der Waals surface area contributed by atoms with Crippen LogP contribution in [0.2, 0.25) is 0 Å². The van der Waals surface area contributed by atoms with E-state index in [4.69, 9.17) is 4.74 Å². The van der Waals surface area contributed by atoms with Gasteiger partial charge < -0.3 is 19.7 Å². The molecule has 1 aromatic rings. The van der Waals surface area contributed by atoms with Crippen molar-refractivity contribution < 1.29 is 24.5 Å². The van der Waals surface area contributed by atoms with Crippen LogP contribution in [0.25, 0.3) is 0 Å². The Morgan fingerprint density at radius 1 is 1.55 bits per heavy atom. The lowest BCUT2D eigenvalue weighted by Gasteiger charge is -2.20. The minimum Gasteiger partial charge on any atom is -0.468 e. The van der Waals surface area contributed by atoms with Crippen LogP contribution < -0.4 is 11.2 Å². The van der Waals surface area contributed by atoms with Crippen molar-refractivity contribution in [2.75, 3.05) is 19.5 Å². The third-order valence-corrected chi connectivity index (χ3v) is 4.54. The first-order valence-electron chi connectivity index (χ1n) is 6.42. The van der Waals surface area contributed by atoms with Gasteiger partial charge in [-0.1, -0.05) is 0 Å². The molecule has 4 atom stereocenters. The van der Waals surface area contributed by atoms with Gasteiger partial charge in [-0.2, -0.15) is 0 Å². The molecule has 0 unspecified atom stereocenters. The number of thioether (sulfide) groups is 1. The van der Waals surface area contributed by atoms with Crippen molar-refractivity contribution in [1.82, 2.24) is 9.55 Å². The number of nitrogens with zero attached hydrogens (tertiary/aromatic N) is 1. The molecule has 0 bridgehead atoms. The van der Waals surface area contributed by atoms with Crippen LogP contribution >= 0.6 is 11.8 Å². The highest BCUT2D eigenvalue weighted by molar-refractivity contribution is 8.00. The summed E-state index contributed by atoms with van der Waals surface area (Å²) in [6.07, 6.45) is -1.65. The summed E-state index contributed by atoms with van der Waals surface area (Å²) in [6, 6.07) is 1.14. The Bertz CT molecular complexity index is 643. The molecule has 0 amide bonds. The standard InChI is InChI=1S/C12H16N2O7S/c1-20-8(17)5-22-10-9(18)6(4-15)21-11(10)14-3-2-7(16)13-12(14)19/h2-3,6,9-11,15,18H,4-5H2,1H3,(H,13,16,19)/t6-,9-,10-,11-/m1/s1. The molecule has 2 heterocycles. The molecule has 1 aliphatic heterocycles. The molecule has 22 heavy (non-hydrogen) atoms. The molecule has 0 aliphatic carbocycles. The fraction of sp³-hybridized carbons (Fsp3) is 0.583. The average molecular weight is 332 g/mol. The summed E-state index contributed by atoms with van der Waals surface area (Å²) >= 11 is 1.05. The molecule has 9 nitrogen and oxygen atoms in total. The van der Waals surface area contributed by atoms with Crippen LogP contribution in [0.5, 0.6) is 0 Å². The summed E-state index contributed by atoms with van der Waals surface area (Å²) in [5, 5.41) is 18.7. The predicted molar refractivity (Wildman–Crippen MR) is 76.6 cm³/mol. The van der Waals surface area contributed by atoms with Crippen LogP contribution in [0.15, 0.2) is 21.9 Å². The topological polar surface area (TPSA) is 131 Å². The predicted octanol–water partition coefficient (Wildman–Crippen LogP) is -1.94. The van der Waals surface area contributed by atoms with Crippen molar-refractivity contribution in [1.29, 1.82) is 0 Å². The molecule has 3 N–H and O–H groups in total. The lowest BCUT2D eigenvalue weighted by Crippen LogP contribution is -2.36. The molecule has 1 fully saturated rings. The van der Waals surface area contributed by atoms with E-state index in [1.807, 2.05) is 0 Å². The lowest BCUT2D eigenvalue weighted by atomic mass is 10.2. The van der Waals surface area contributed by atoms with E-state index in [9.17, 15) is 24.6 Å². The highest BCUT2D eigenvalue weighted by atomic mass is 32.2. The first-order valence-corrected chi connectivity index (χ1v) is 7.47. The van der Waals surface area contributed by atoms with Gasteiger partial charge >= 0.3 is 11.7 Å². The number of hydrogen-bond acceptors (Lipinski definition) is 8. The van der Waals surface area contributed by atoms with Crippen LogP contribution in [0.1, 0.15) is 6.23 Å². The van der Waals surface area contributed by atoms with Gasteiger partial charge in [-0.25, -0.2) is 4.79 Å². The van der Waals surface area contributed by atoms with Gasteiger partial charge in [-0.3, -0.25) is 19.1 Å². The third kappa shape index (κ3) is 3.40. The fourth-order valence-electron chi connectivity index (χ4n) is 2.12. The van der Waals surface area contributed by atoms with E-state index in [0.717, 1.165) is 22.4 Å². The van der Waals surface area contributed by atoms with E-state index in [-0.39, 0.29) is 5.75 Å². The SMILES string of the molecule is COC(=O)CS[C@@H]1[C@H](O)[C@@H](CO)O[C@H]1n1ccc(=O)[nH]c1=O. The Morgan fingerprint density at radius 2 is 2.27 bits per heavy atom. The maximum Gasteiger partial charge on any atom is 0.330 e. The Morgan fingerprint density at radius 3 is 2.86 bits per heavy atom. The number of H-pyrrole nitrogens is 1.